The van der Waals surface area contributed by atoms with Gasteiger partial charge in [0, 0.05) is 0 Å². The molecule has 0 unspecified atom stereocenters. The van der Waals surface area contributed by atoms with E-state index < -0.39 is 14.2 Å². The number of rotatable bonds is 0. The van der Waals surface area contributed by atoms with Gasteiger partial charge in [-0.3, -0.25) is 0 Å². The van der Waals surface area contributed by atoms with Crippen LogP contribution in [0.2, 0.25) is 0 Å². The summed E-state index contributed by atoms with van der Waals surface area (Å²) in [5, 5.41) is 0. The molecule has 0 aromatic rings. The molecule has 30 valence electrons. The van der Waals surface area contributed by atoms with Crippen molar-refractivity contribution in [3.8, 4) is 0 Å². The first-order chi connectivity index (χ1) is 2.00. The maximum absolute atomic E-state index is 8.72. The average molecular weight is 116 g/mol. The molecule has 0 radical (unpaired) electrons. The zero-order chi connectivity index (χ0) is 4.50. The van der Waals surface area contributed by atoms with Crippen molar-refractivity contribution in [3.05, 3.63) is 0 Å². The van der Waals surface area contributed by atoms with Crippen LogP contribution < -0.4 is 0 Å². The zero-order valence-corrected chi connectivity index (χ0v) is 3.52. The van der Waals surface area contributed by atoms with Gasteiger partial charge in [-0.1, -0.05) is 0 Å². The van der Waals surface area contributed by atoms with E-state index in [-0.39, 0.29) is 0 Å². The minimum absolute atomic E-state index is 5.62. The van der Waals surface area contributed by atoms with Gasteiger partial charge in [-0.15, -0.1) is 0 Å². The van der Waals surface area contributed by atoms with E-state index in [9.17, 15) is 0 Å². The second kappa shape index (κ2) is 0.968. The Balaban J connectivity index is 4.87. The van der Waals surface area contributed by atoms with Crippen molar-refractivity contribution in [2.24, 2.45) is 0 Å². The van der Waals surface area contributed by atoms with E-state index in [0.717, 1.165) is 0 Å². The van der Waals surface area contributed by atoms with E-state index in [0.29, 0.717) is 0 Å². The summed E-state index contributed by atoms with van der Waals surface area (Å²) in [7, 11) is 0. The molecule has 0 saturated carbocycles. The third-order valence-electron chi connectivity index (χ3n) is 0. The van der Waals surface area contributed by atoms with E-state index in [1.165, 1.54) is 0 Å². The Bertz CT molecular complexity index is 125. The van der Waals surface area contributed by atoms with Crippen LogP contribution >= 0.6 is 0 Å². The second-order valence-electron chi connectivity index (χ2n) is 0.469. The Kier molecular flexibility index (Phi) is 0.957. The van der Waals surface area contributed by atoms with Crippen LogP contribution in [0.15, 0.2) is 0 Å². The molecule has 0 bridgehead atoms. The van der Waals surface area contributed by atoms with Crippen molar-refractivity contribution < 1.29 is 29.3 Å². The molecule has 0 fully saturated rings. The molecule has 5 heavy (non-hydrogen) atoms. The van der Waals surface area contributed by atoms with Crippen LogP contribution in [-0.2, 0) is 25.2 Å². The molecule has 0 aromatic heterocycles. The second-order valence-corrected chi connectivity index (χ2v) is 1.93. The molecule has 1 N–H and O–H groups in total. The summed E-state index contributed by atoms with van der Waals surface area (Å²) in [4.78, 5) is 0. The molecule has 5 heteroatoms. The normalized spacial score (nSPS) is 8.20. The third kappa shape index (κ3) is 4830. The van der Waals surface area contributed by atoms with E-state index in [2.05, 4.69) is 0 Å². The standard InChI is InChI=1S/H2O.3O.V/h1H2;;;;/q;;;;+1/p-1. The predicted octanol–water partition coefficient (Wildman–Crippen LogP) is -0.916. The minimum atomic E-state index is -5.62. The molecule has 0 aliphatic heterocycles. The SMILES string of the molecule is [O]=[V](=[O])(=[O])[OH]. The van der Waals surface area contributed by atoms with Crippen LogP contribution in [-0.4, -0.2) is 4.03 Å². The van der Waals surface area contributed by atoms with E-state index in [1.54, 1.807) is 0 Å². The summed E-state index contributed by atoms with van der Waals surface area (Å²) in [6, 6.07) is 0. The monoisotopic (exact) mass is 116 g/mol. The van der Waals surface area contributed by atoms with E-state index >= 15 is 0 Å². The van der Waals surface area contributed by atoms with Gasteiger partial charge in [0.1, 0.15) is 0 Å². The number of hydrogen-bond donors (Lipinski definition) is 1. The fourth-order valence-corrected chi connectivity index (χ4v) is 0. The van der Waals surface area contributed by atoms with Gasteiger partial charge in [0.25, 0.3) is 0 Å². The molecule has 0 aliphatic carbocycles. The third-order valence-corrected chi connectivity index (χ3v) is 0. The van der Waals surface area contributed by atoms with Crippen molar-refractivity contribution in [3.63, 3.8) is 0 Å². The molecule has 0 aliphatic rings. The first-order valence-corrected chi connectivity index (χ1v) is 3.08. The molecule has 0 heterocycles. The fourth-order valence-electron chi connectivity index (χ4n) is 0. The molecule has 0 rings (SSSR count). The molecule has 0 aromatic carbocycles. The topological polar surface area (TPSA) is 71.4 Å². The Morgan fingerprint density at radius 1 is 1.20 bits per heavy atom. The Morgan fingerprint density at radius 2 is 1.20 bits per heavy atom. The Morgan fingerprint density at radius 3 is 1.20 bits per heavy atom. The van der Waals surface area contributed by atoms with Crippen LogP contribution in [0.1, 0.15) is 0 Å². The molecular weight excluding hydrogens is 115 g/mol. The van der Waals surface area contributed by atoms with Gasteiger partial charge < -0.3 is 0 Å². The Labute approximate surface area is 30.1 Å². The molecule has 0 atom stereocenters. The molecular formula is HO4V. The molecule has 0 amide bonds. The molecule has 0 saturated heterocycles. The van der Waals surface area contributed by atoms with Gasteiger partial charge in [0.15, 0.2) is 0 Å². The average Bonchev–Trinajstić information content (AvgIpc) is 0.722. The summed E-state index contributed by atoms with van der Waals surface area (Å²) >= 11 is -5.62. The van der Waals surface area contributed by atoms with Gasteiger partial charge in [-0.2, -0.15) is 0 Å². The number of hydrogen-bond acceptors (Lipinski definition) is 3. The van der Waals surface area contributed by atoms with E-state index in [4.69, 9.17) is 15.1 Å². The van der Waals surface area contributed by atoms with Gasteiger partial charge in [0.05, 0.1) is 0 Å². The van der Waals surface area contributed by atoms with E-state index in [1.807, 2.05) is 0 Å². The van der Waals surface area contributed by atoms with Crippen molar-refractivity contribution in [1.29, 1.82) is 0 Å². The van der Waals surface area contributed by atoms with Gasteiger partial charge in [-0.05, 0) is 0 Å². The van der Waals surface area contributed by atoms with Crippen molar-refractivity contribution >= 4 is 0 Å². The van der Waals surface area contributed by atoms with Crippen LogP contribution in [0.5, 0.6) is 0 Å². The van der Waals surface area contributed by atoms with Crippen LogP contribution in [0.3, 0.4) is 0 Å². The van der Waals surface area contributed by atoms with Crippen molar-refractivity contribution in [2.75, 3.05) is 0 Å². The van der Waals surface area contributed by atoms with Crippen molar-refractivity contribution in [1.82, 2.24) is 0 Å². The summed E-state index contributed by atoms with van der Waals surface area (Å²) in [6.45, 7) is 0. The summed E-state index contributed by atoms with van der Waals surface area (Å²) in [6.07, 6.45) is 0. The molecule has 4 nitrogen and oxygen atoms in total. The van der Waals surface area contributed by atoms with Crippen molar-refractivity contribution in [2.45, 2.75) is 0 Å². The van der Waals surface area contributed by atoms with Crippen LogP contribution in [0.25, 0.3) is 0 Å². The van der Waals surface area contributed by atoms with Crippen LogP contribution in [0, 0.1) is 0 Å². The summed E-state index contributed by atoms with van der Waals surface area (Å²) in [5.74, 6) is 0. The zero-order valence-electron chi connectivity index (χ0n) is 2.12. The summed E-state index contributed by atoms with van der Waals surface area (Å²) < 4.78 is 33.2. The molecule has 0 spiro atoms. The van der Waals surface area contributed by atoms with Gasteiger partial charge >= 0.3 is 29.3 Å². The summed E-state index contributed by atoms with van der Waals surface area (Å²) in [5.41, 5.74) is 0. The fraction of sp³-hybridized carbons (Fsp3) is 0. The predicted molar refractivity (Wildman–Crippen MR) is 4.28 cm³/mol. The van der Waals surface area contributed by atoms with Crippen LogP contribution in [0.4, 0.5) is 0 Å². The first-order valence-electron chi connectivity index (χ1n) is 0.748. The first kappa shape index (κ1) is 4.94. The quantitative estimate of drug-likeness (QED) is 0.444. The Hall–Kier alpha value is -0.0556. The maximum atomic E-state index is 8.72. The van der Waals surface area contributed by atoms with Gasteiger partial charge in [0.2, 0.25) is 0 Å². The van der Waals surface area contributed by atoms with Gasteiger partial charge in [-0.25, -0.2) is 0 Å².